The fourth-order valence-corrected chi connectivity index (χ4v) is 3.59. The van der Waals surface area contributed by atoms with Crippen LogP contribution in [0.4, 0.5) is 13.2 Å². The second kappa shape index (κ2) is 5.85. The molecule has 0 saturated heterocycles. The van der Waals surface area contributed by atoms with Crippen molar-refractivity contribution < 1.29 is 22.7 Å². The summed E-state index contributed by atoms with van der Waals surface area (Å²) in [4.78, 5) is 10.2. The Balaban J connectivity index is 3.62. The topological polar surface area (TPSA) is 26.3 Å². The van der Waals surface area contributed by atoms with Gasteiger partial charge in [0.05, 0.1) is 6.61 Å². The predicted molar refractivity (Wildman–Crippen MR) is 59.0 cm³/mol. The fourth-order valence-electron chi connectivity index (χ4n) is 0.519. The van der Waals surface area contributed by atoms with Gasteiger partial charge in [0.25, 0.3) is 3.93 Å². The molecular formula is C5H6Br3F3O2Si. The minimum absolute atomic E-state index is 0.226. The van der Waals surface area contributed by atoms with Crippen LogP contribution >= 0.6 is 45.9 Å². The molecule has 0 fully saturated rings. The lowest BCUT2D eigenvalue weighted by atomic mass is 10.5. The number of carbonyl (C=O) groups is 1. The minimum Gasteiger partial charge on any atom is -0.459 e. The summed E-state index contributed by atoms with van der Waals surface area (Å²) in [6.45, 7) is -0.226. The van der Waals surface area contributed by atoms with Crippen molar-refractivity contribution in [2.24, 2.45) is 0 Å². The molecule has 0 radical (unpaired) electrons. The maximum atomic E-state index is 11.6. The number of hydrogen-bond acceptors (Lipinski definition) is 2. The first-order valence-electron chi connectivity index (χ1n) is 3.43. The van der Waals surface area contributed by atoms with Crippen LogP contribution in [0.3, 0.4) is 0 Å². The summed E-state index contributed by atoms with van der Waals surface area (Å²) in [5.74, 6) is -2.14. The third kappa shape index (κ3) is 8.24. The van der Waals surface area contributed by atoms with Gasteiger partial charge in [-0.3, -0.25) is 0 Å². The molecule has 0 atom stereocenters. The molecule has 0 spiro atoms. The van der Waals surface area contributed by atoms with Crippen molar-refractivity contribution in [2.75, 3.05) is 6.61 Å². The van der Waals surface area contributed by atoms with E-state index in [1.54, 1.807) is 0 Å². The van der Waals surface area contributed by atoms with E-state index in [0.29, 0.717) is 12.5 Å². The van der Waals surface area contributed by atoms with Gasteiger partial charge < -0.3 is 4.74 Å². The van der Waals surface area contributed by atoms with E-state index >= 15 is 0 Å². The van der Waals surface area contributed by atoms with Gasteiger partial charge in [0, 0.05) is 0 Å². The predicted octanol–water partition coefficient (Wildman–Crippen LogP) is 3.61. The Morgan fingerprint density at radius 1 is 1.29 bits per heavy atom. The van der Waals surface area contributed by atoms with Gasteiger partial charge in [0.1, 0.15) is 0 Å². The summed E-state index contributed by atoms with van der Waals surface area (Å²) in [5, 5.41) is 0. The van der Waals surface area contributed by atoms with Crippen LogP contribution in [-0.2, 0) is 9.53 Å². The van der Waals surface area contributed by atoms with Crippen LogP contribution in [0, 0.1) is 0 Å². The van der Waals surface area contributed by atoms with Crippen molar-refractivity contribution in [1.82, 2.24) is 0 Å². The number of hydrogen-bond donors (Lipinski definition) is 0. The number of esters is 1. The van der Waals surface area contributed by atoms with E-state index < -0.39 is 16.1 Å². The molecule has 0 N–H and O–H groups in total. The fraction of sp³-hybridized carbons (Fsp3) is 0.800. The molecule has 0 amide bonds. The second-order valence-corrected chi connectivity index (χ2v) is 25.8. The summed E-state index contributed by atoms with van der Waals surface area (Å²) in [6, 6.07) is 0.609. The molecule has 0 bridgehead atoms. The highest BCUT2D eigenvalue weighted by Gasteiger charge is 2.40. The average molecular weight is 423 g/mol. The molecule has 84 valence electrons. The Morgan fingerprint density at radius 2 is 1.79 bits per heavy atom. The van der Waals surface area contributed by atoms with Crippen molar-refractivity contribution in [1.29, 1.82) is 0 Å². The molecule has 14 heavy (non-hydrogen) atoms. The standard InChI is InChI=1S/C5H6Br3F3O2Si/c6-14(7,8)3-1-2-13-4(12)5(9,10)11/h1-3H2. The second-order valence-electron chi connectivity index (χ2n) is 2.35. The normalized spacial score (nSPS) is 12.7. The number of alkyl halides is 3. The van der Waals surface area contributed by atoms with Crippen LogP contribution in [0.1, 0.15) is 6.42 Å². The number of rotatable bonds is 4. The molecule has 0 saturated carbocycles. The van der Waals surface area contributed by atoms with Crippen LogP contribution in [0.2, 0.25) is 6.04 Å². The van der Waals surface area contributed by atoms with Crippen LogP contribution in [0.25, 0.3) is 0 Å². The van der Waals surface area contributed by atoms with Gasteiger partial charge in [-0.15, -0.1) is 0 Å². The lowest BCUT2D eigenvalue weighted by Crippen LogP contribution is -2.26. The van der Waals surface area contributed by atoms with Crippen LogP contribution in [0.15, 0.2) is 0 Å². The molecule has 0 aromatic rings. The maximum absolute atomic E-state index is 11.6. The van der Waals surface area contributed by atoms with Gasteiger partial charge in [-0.1, -0.05) is 45.9 Å². The Kier molecular flexibility index (Phi) is 6.24. The maximum Gasteiger partial charge on any atom is 0.490 e. The van der Waals surface area contributed by atoms with E-state index in [-0.39, 0.29) is 6.61 Å². The van der Waals surface area contributed by atoms with E-state index in [0.717, 1.165) is 0 Å². The van der Waals surface area contributed by atoms with Crippen molar-refractivity contribution in [3.63, 3.8) is 0 Å². The zero-order valence-electron chi connectivity index (χ0n) is 6.71. The van der Waals surface area contributed by atoms with Crippen molar-refractivity contribution in [2.45, 2.75) is 18.6 Å². The van der Waals surface area contributed by atoms with E-state index in [1.165, 1.54) is 0 Å². The monoisotopic (exact) mass is 420 g/mol. The largest absolute Gasteiger partial charge is 0.490 e. The minimum atomic E-state index is -4.90. The molecular weight excluding hydrogens is 417 g/mol. The Labute approximate surface area is 103 Å². The molecule has 2 nitrogen and oxygen atoms in total. The quantitative estimate of drug-likeness (QED) is 0.299. The molecule has 0 aromatic heterocycles. The van der Waals surface area contributed by atoms with Gasteiger partial charge in [-0.2, -0.15) is 13.2 Å². The molecule has 0 unspecified atom stereocenters. The summed E-state index contributed by atoms with van der Waals surface area (Å²) in [5.41, 5.74) is 0. The van der Waals surface area contributed by atoms with E-state index in [4.69, 9.17) is 0 Å². The highest BCUT2D eigenvalue weighted by molar-refractivity contribution is 9.72. The zero-order chi connectivity index (χ0) is 11.4. The highest BCUT2D eigenvalue weighted by Crippen LogP contribution is 2.32. The first-order valence-corrected chi connectivity index (χ1v) is 12.4. The van der Waals surface area contributed by atoms with E-state index in [2.05, 4.69) is 50.6 Å². The van der Waals surface area contributed by atoms with Crippen molar-refractivity contribution >= 4 is 55.8 Å². The van der Waals surface area contributed by atoms with Crippen LogP contribution in [-0.4, -0.2) is 22.7 Å². The molecule has 9 heteroatoms. The van der Waals surface area contributed by atoms with Crippen molar-refractivity contribution in [3.05, 3.63) is 0 Å². The summed E-state index contributed by atoms with van der Waals surface area (Å²) in [6.07, 6.45) is -4.53. The molecule has 0 aromatic carbocycles. The Morgan fingerprint density at radius 3 is 2.14 bits per heavy atom. The first-order chi connectivity index (χ1) is 6.13. The molecule has 0 aliphatic rings. The summed E-state index contributed by atoms with van der Waals surface area (Å²) >= 11 is 9.88. The molecule has 0 aliphatic carbocycles. The van der Waals surface area contributed by atoms with E-state index in [9.17, 15) is 18.0 Å². The smallest absolute Gasteiger partial charge is 0.459 e. The van der Waals surface area contributed by atoms with Crippen LogP contribution in [0.5, 0.6) is 0 Å². The average Bonchev–Trinajstić information content (AvgIpc) is 1.93. The first kappa shape index (κ1) is 14.9. The highest BCUT2D eigenvalue weighted by atomic mass is 80.0. The third-order valence-corrected chi connectivity index (χ3v) is 5.56. The van der Waals surface area contributed by atoms with Gasteiger partial charge in [0.15, 0.2) is 0 Å². The van der Waals surface area contributed by atoms with Gasteiger partial charge in [-0.25, -0.2) is 4.79 Å². The zero-order valence-corrected chi connectivity index (χ0v) is 12.5. The van der Waals surface area contributed by atoms with Gasteiger partial charge in [-0.05, 0) is 12.5 Å². The summed E-state index contributed by atoms with van der Waals surface area (Å²) in [7, 11) is 0. The number of carbonyl (C=O) groups excluding carboxylic acids is 1. The van der Waals surface area contributed by atoms with Crippen LogP contribution < -0.4 is 0 Å². The molecule has 0 aliphatic heterocycles. The van der Waals surface area contributed by atoms with E-state index in [1.807, 2.05) is 0 Å². The number of halogens is 6. The van der Waals surface area contributed by atoms with Gasteiger partial charge >= 0.3 is 12.1 Å². The Hall–Kier alpha value is 0.917. The molecule has 0 rings (SSSR count). The molecule has 0 heterocycles. The summed E-state index contributed by atoms with van der Waals surface area (Å²) < 4.78 is 37.0. The lowest BCUT2D eigenvalue weighted by molar-refractivity contribution is -0.199. The van der Waals surface area contributed by atoms with Gasteiger partial charge in [0.2, 0.25) is 0 Å². The third-order valence-electron chi connectivity index (χ3n) is 1.07. The Bertz CT molecular complexity index is 203. The van der Waals surface area contributed by atoms with Crippen molar-refractivity contribution in [3.8, 4) is 0 Å². The number of ether oxygens (including phenoxy) is 1. The SMILES string of the molecule is O=C(OCCC[Si](Br)(Br)Br)C(F)(F)F. The lowest BCUT2D eigenvalue weighted by Gasteiger charge is -2.10.